The monoisotopic (exact) mass is 574 g/mol. The fourth-order valence-electron chi connectivity index (χ4n) is 4.07. The molecule has 4 N–H and O–H groups in total. The predicted octanol–water partition coefficient (Wildman–Crippen LogP) is 2.67. The van der Waals surface area contributed by atoms with Gasteiger partial charge in [-0.05, 0) is 56.7 Å². The van der Waals surface area contributed by atoms with Gasteiger partial charge in [0.1, 0.15) is 9.79 Å². The highest BCUT2D eigenvalue weighted by molar-refractivity contribution is 7.87. The number of rotatable bonds is 6. The van der Waals surface area contributed by atoms with Crippen molar-refractivity contribution in [1.82, 2.24) is 0 Å². The SMILES string of the molecule is Cc1cc(C)c([N+](=O)[O-])c(C)c1C(=O)Nc1ccc(S(=O)(=O)O)c2cc(S(=O)(=O)O)cc(S(=O)(=O)O)c12. The highest BCUT2D eigenvalue weighted by atomic mass is 32.2. The molecule has 3 rings (SSSR count). The van der Waals surface area contributed by atoms with Crippen LogP contribution in [0.2, 0.25) is 0 Å². The Bertz CT molecular complexity index is 1850. The van der Waals surface area contributed by atoms with Crippen LogP contribution < -0.4 is 5.32 Å². The molecule has 17 heteroatoms. The molecule has 198 valence electrons. The molecule has 0 saturated carbocycles. The number of hydrogen-bond donors (Lipinski definition) is 4. The van der Waals surface area contributed by atoms with Gasteiger partial charge in [0.25, 0.3) is 41.9 Å². The first-order valence-electron chi connectivity index (χ1n) is 9.85. The topological polar surface area (TPSA) is 235 Å². The molecule has 0 aromatic heterocycles. The molecule has 0 aliphatic heterocycles. The lowest BCUT2D eigenvalue weighted by Crippen LogP contribution is -2.17. The Kier molecular flexibility index (Phi) is 6.93. The van der Waals surface area contributed by atoms with Crippen LogP contribution in [0.3, 0.4) is 0 Å². The lowest BCUT2D eigenvalue weighted by molar-refractivity contribution is -0.386. The maximum absolute atomic E-state index is 13.2. The van der Waals surface area contributed by atoms with Crippen molar-refractivity contribution in [3.8, 4) is 0 Å². The number of nitro groups is 1. The fraction of sp³-hybridized carbons (Fsp3) is 0.150. The summed E-state index contributed by atoms with van der Waals surface area (Å²) in [5.41, 5.74) is -0.427. The van der Waals surface area contributed by atoms with Crippen LogP contribution in [0.15, 0.2) is 45.0 Å². The number of amides is 1. The molecule has 0 atom stereocenters. The maximum atomic E-state index is 13.2. The van der Waals surface area contributed by atoms with E-state index in [-0.39, 0.29) is 22.4 Å². The molecule has 0 aliphatic carbocycles. The van der Waals surface area contributed by atoms with Gasteiger partial charge in [0, 0.05) is 21.9 Å². The van der Waals surface area contributed by atoms with Gasteiger partial charge in [-0.15, -0.1) is 0 Å². The Morgan fingerprint density at radius 2 is 1.41 bits per heavy atom. The van der Waals surface area contributed by atoms with Gasteiger partial charge >= 0.3 is 0 Å². The molecule has 14 nitrogen and oxygen atoms in total. The lowest BCUT2D eigenvalue weighted by atomic mass is 9.96. The predicted molar refractivity (Wildman–Crippen MR) is 129 cm³/mol. The van der Waals surface area contributed by atoms with Gasteiger partial charge in [0.05, 0.1) is 21.1 Å². The molecule has 0 saturated heterocycles. The number of aryl methyl sites for hydroxylation is 2. The molecule has 1 amide bonds. The van der Waals surface area contributed by atoms with Crippen LogP contribution in [0.25, 0.3) is 10.8 Å². The Labute approximate surface area is 210 Å². The van der Waals surface area contributed by atoms with E-state index >= 15 is 0 Å². The van der Waals surface area contributed by atoms with E-state index in [4.69, 9.17) is 0 Å². The number of nitrogens with zero attached hydrogens (tertiary/aromatic N) is 1. The van der Waals surface area contributed by atoms with Crippen molar-refractivity contribution in [2.24, 2.45) is 0 Å². The number of anilines is 1. The number of carbonyl (C=O) groups excluding carboxylic acids is 1. The molecule has 0 aliphatic rings. The molecular weight excluding hydrogens is 556 g/mol. The third kappa shape index (κ3) is 5.31. The van der Waals surface area contributed by atoms with Gasteiger partial charge in [-0.25, -0.2) is 0 Å². The summed E-state index contributed by atoms with van der Waals surface area (Å²) in [5.74, 6) is -0.987. The summed E-state index contributed by atoms with van der Waals surface area (Å²) < 4.78 is 100. The average Bonchev–Trinajstić information content (AvgIpc) is 2.69. The largest absolute Gasteiger partial charge is 0.321 e. The van der Waals surface area contributed by atoms with E-state index in [9.17, 15) is 53.8 Å². The molecule has 37 heavy (non-hydrogen) atoms. The van der Waals surface area contributed by atoms with Crippen LogP contribution in [0.5, 0.6) is 0 Å². The molecule has 0 bridgehead atoms. The normalized spacial score (nSPS) is 12.5. The number of benzene rings is 3. The minimum absolute atomic E-state index is 0.0254. The van der Waals surface area contributed by atoms with Crippen LogP contribution in [0.1, 0.15) is 27.0 Å². The number of fused-ring (bicyclic) bond motifs is 1. The zero-order valence-corrected chi connectivity index (χ0v) is 21.5. The summed E-state index contributed by atoms with van der Waals surface area (Å²) in [7, 11) is -15.6. The molecule has 0 heterocycles. The van der Waals surface area contributed by atoms with Crippen molar-refractivity contribution < 1.29 is 48.6 Å². The zero-order chi connectivity index (χ0) is 28.2. The van der Waals surface area contributed by atoms with Crippen molar-refractivity contribution in [1.29, 1.82) is 0 Å². The summed E-state index contributed by atoms with van der Waals surface area (Å²) in [5, 5.41) is 12.3. The minimum Gasteiger partial charge on any atom is -0.321 e. The molecule has 3 aromatic rings. The smallest absolute Gasteiger partial charge is 0.295 e. The second-order valence-electron chi connectivity index (χ2n) is 7.95. The number of nitro benzene ring substituents is 1. The molecular formula is C20H18N2O12S3. The Morgan fingerprint density at radius 1 is 0.838 bits per heavy atom. The summed E-state index contributed by atoms with van der Waals surface area (Å²) in [6.07, 6.45) is 0. The molecule has 0 fully saturated rings. The van der Waals surface area contributed by atoms with Crippen LogP contribution in [0.4, 0.5) is 11.4 Å². The van der Waals surface area contributed by atoms with Crippen molar-refractivity contribution in [2.45, 2.75) is 35.5 Å². The van der Waals surface area contributed by atoms with E-state index in [1.54, 1.807) is 0 Å². The Morgan fingerprint density at radius 3 is 1.89 bits per heavy atom. The van der Waals surface area contributed by atoms with Crippen molar-refractivity contribution in [2.75, 3.05) is 5.32 Å². The lowest BCUT2D eigenvalue weighted by Gasteiger charge is -2.17. The molecule has 0 spiro atoms. The van der Waals surface area contributed by atoms with Crippen LogP contribution in [-0.4, -0.2) is 49.7 Å². The summed E-state index contributed by atoms with van der Waals surface area (Å²) in [4.78, 5) is 20.6. The minimum atomic E-state index is -5.33. The van der Waals surface area contributed by atoms with E-state index < -0.39 is 72.3 Å². The van der Waals surface area contributed by atoms with Gasteiger partial charge in [-0.2, -0.15) is 25.3 Å². The summed E-state index contributed by atoms with van der Waals surface area (Å²) >= 11 is 0. The van der Waals surface area contributed by atoms with Crippen LogP contribution >= 0.6 is 0 Å². The van der Waals surface area contributed by atoms with E-state index in [1.807, 2.05) is 0 Å². The number of hydrogen-bond acceptors (Lipinski definition) is 9. The Hall–Kier alpha value is -3.48. The van der Waals surface area contributed by atoms with Gasteiger partial charge in [0.15, 0.2) is 0 Å². The Balaban J connectivity index is 2.43. The fourth-order valence-corrected chi connectivity index (χ4v) is 6.11. The third-order valence-corrected chi connectivity index (χ3v) is 8.08. The van der Waals surface area contributed by atoms with Crippen LogP contribution in [0, 0.1) is 30.9 Å². The van der Waals surface area contributed by atoms with Crippen molar-refractivity contribution in [3.05, 3.63) is 62.7 Å². The first-order chi connectivity index (χ1) is 16.7. The molecule has 3 aromatic carbocycles. The van der Waals surface area contributed by atoms with Gasteiger partial charge in [-0.1, -0.05) is 0 Å². The second-order valence-corrected chi connectivity index (χ2v) is 12.2. The first kappa shape index (κ1) is 28.1. The highest BCUT2D eigenvalue weighted by Gasteiger charge is 2.29. The average molecular weight is 575 g/mol. The van der Waals surface area contributed by atoms with Gasteiger partial charge in [0.2, 0.25) is 0 Å². The number of carbonyl (C=O) groups is 1. The number of nitrogens with one attached hydrogen (secondary N) is 1. The van der Waals surface area contributed by atoms with E-state index in [1.165, 1.54) is 26.8 Å². The standard InChI is InChI=1S/C20H18N2O12S3/c1-9-6-10(2)19(22(24)25)11(3)17(9)20(23)21-14-4-5-15(36(29,30)31)13-7-12(35(26,27)28)8-16(18(13)14)37(32,33)34/h4-8H,1-3H3,(H,21,23)(H,26,27,28)(H,29,30,31)(H,32,33,34). The van der Waals surface area contributed by atoms with Gasteiger partial charge < -0.3 is 5.32 Å². The van der Waals surface area contributed by atoms with Crippen molar-refractivity contribution in [3.63, 3.8) is 0 Å². The highest BCUT2D eigenvalue weighted by Crippen LogP contribution is 2.37. The third-order valence-electron chi connectivity index (χ3n) is 5.45. The van der Waals surface area contributed by atoms with Crippen LogP contribution in [-0.2, 0) is 30.4 Å². The summed E-state index contributed by atoms with van der Waals surface area (Å²) in [6.45, 7) is 4.27. The van der Waals surface area contributed by atoms with E-state index in [2.05, 4.69) is 5.32 Å². The van der Waals surface area contributed by atoms with Gasteiger partial charge in [-0.3, -0.25) is 28.6 Å². The summed E-state index contributed by atoms with van der Waals surface area (Å²) in [6, 6.07) is 3.79. The van der Waals surface area contributed by atoms with Crippen molar-refractivity contribution >= 4 is 58.4 Å². The second kappa shape index (κ2) is 9.12. The van der Waals surface area contributed by atoms with E-state index in [0.29, 0.717) is 23.8 Å². The van der Waals surface area contributed by atoms with E-state index in [0.717, 1.165) is 6.07 Å². The maximum Gasteiger partial charge on any atom is 0.295 e. The molecule has 0 unspecified atom stereocenters. The quantitative estimate of drug-likeness (QED) is 0.189. The zero-order valence-electron chi connectivity index (χ0n) is 19.1. The first-order valence-corrected chi connectivity index (χ1v) is 14.2. The molecule has 0 radical (unpaired) electrons.